The van der Waals surface area contributed by atoms with Gasteiger partial charge in [-0.15, -0.1) is 11.3 Å². The maximum atomic E-state index is 16.2. The number of rotatable bonds is 9. The Bertz CT molecular complexity index is 1600. The number of aryl methyl sites for hydroxylation is 1. The standard InChI is InChI=1S/C28H28ClFN6O4S/c1-2-40-28(39)20-14-5-7-15(8-6-14)22(20)33-26-21(30)24(17-4-3-11-41-17)34-25(35-26)16-13-36(10-9-19(37)38)27-23(16)32-18(29)12-31-27/h3-4,11-15,20,22H,2,5-10H2,1H3,(H,37,38)(H,33,34,35)/t14?,15?,20-,22-/m0/s1. The maximum Gasteiger partial charge on any atom is 0.311 e. The molecule has 41 heavy (non-hydrogen) atoms. The van der Waals surface area contributed by atoms with Gasteiger partial charge in [0.15, 0.2) is 23.1 Å². The van der Waals surface area contributed by atoms with E-state index in [-0.39, 0.29) is 65.9 Å². The first kappa shape index (κ1) is 27.5. The highest BCUT2D eigenvalue weighted by Gasteiger charge is 2.48. The first-order valence-corrected chi connectivity index (χ1v) is 14.9. The van der Waals surface area contributed by atoms with Gasteiger partial charge in [-0.1, -0.05) is 17.7 Å². The number of fused-ring (bicyclic) bond motifs is 4. The van der Waals surface area contributed by atoms with E-state index in [4.69, 9.17) is 16.3 Å². The SMILES string of the molecule is CCOC(=O)[C@H]1C2CCC(CC2)[C@@H]1Nc1nc(-c2cn(CCC(=O)O)c3ncc(Cl)nc23)nc(-c2cccs2)c1F. The summed E-state index contributed by atoms with van der Waals surface area (Å²) < 4.78 is 23.3. The summed E-state index contributed by atoms with van der Waals surface area (Å²) in [6.45, 7) is 2.20. The van der Waals surface area contributed by atoms with Crippen LogP contribution < -0.4 is 5.32 Å². The van der Waals surface area contributed by atoms with E-state index in [1.165, 1.54) is 17.5 Å². The molecule has 3 saturated carbocycles. The summed E-state index contributed by atoms with van der Waals surface area (Å²) in [7, 11) is 0. The lowest BCUT2D eigenvalue weighted by atomic mass is 9.61. The number of halogens is 2. The molecular formula is C28H28ClFN6O4S. The minimum atomic E-state index is -0.960. The molecule has 0 radical (unpaired) electrons. The highest BCUT2D eigenvalue weighted by molar-refractivity contribution is 7.13. The third-order valence-corrected chi connectivity index (χ3v) is 9.09. The van der Waals surface area contributed by atoms with Crippen LogP contribution in [0.4, 0.5) is 10.2 Å². The van der Waals surface area contributed by atoms with Crippen LogP contribution in [0.15, 0.2) is 29.9 Å². The van der Waals surface area contributed by atoms with Crippen molar-refractivity contribution in [2.45, 2.75) is 51.6 Å². The molecule has 13 heteroatoms. The molecule has 0 saturated heterocycles. The number of nitrogens with one attached hydrogen (secondary N) is 1. The Labute approximate surface area is 244 Å². The molecule has 0 aliphatic heterocycles. The molecular weight excluding hydrogens is 571 g/mol. The van der Waals surface area contributed by atoms with E-state index in [1.54, 1.807) is 23.8 Å². The minimum Gasteiger partial charge on any atom is -0.481 e. The molecule has 214 valence electrons. The van der Waals surface area contributed by atoms with E-state index < -0.39 is 17.7 Å². The second kappa shape index (κ2) is 11.3. The Hall–Kier alpha value is -3.64. The predicted octanol–water partition coefficient (Wildman–Crippen LogP) is 5.66. The molecule has 0 amide bonds. The van der Waals surface area contributed by atoms with Crippen LogP contribution in [-0.4, -0.2) is 54.2 Å². The van der Waals surface area contributed by atoms with E-state index in [0.29, 0.717) is 21.6 Å². The number of carboxylic acids is 1. The van der Waals surface area contributed by atoms with Crippen molar-refractivity contribution in [3.8, 4) is 22.0 Å². The first-order chi connectivity index (χ1) is 19.8. The van der Waals surface area contributed by atoms with Crippen LogP contribution in [0.1, 0.15) is 39.0 Å². The number of nitrogens with zero attached hydrogens (tertiary/aromatic N) is 5. The molecule has 4 aromatic rings. The fourth-order valence-electron chi connectivity index (χ4n) is 6.21. The number of carbonyl (C=O) groups is 2. The number of esters is 1. The third kappa shape index (κ3) is 5.26. The van der Waals surface area contributed by atoms with Gasteiger partial charge in [0.25, 0.3) is 0 Å². The molecule has 4 heterocycles. The van der Waals surface area contributed by atoms with Gasteiger partial charge in [-0.25, -0.2) is 24.3 Å². The van der Waals surface area contributed by atoms with Gasteiger partial charge in [-0.05, 0) is 55.9 Å². The molecule has 3 fully saturated rings. The Kier molecular flexibility index (Phi) is 7.60. The Morgan fingerprint density at radius 3 is 2.71 bits per heavy atom. The van der Waals surface area contributed by atoms with Gasteiger partial charge in [0.1, 0.15) is 16.4 Å². The molecule has 4 aromatic heterocycles. The van der Waals surface area contributed by atoms with Crippen LogP contribution in [-0.2, 0) is 20.9 Å². The van der Waals surface area contributed by atoms with Gasteiger partial charge in [0.2, 0.25) is 0 Å². The zero-order valence-corrected chi connectivity index (χ0v) is 23.8. The van der Waals surface area contributed by atoms with E-state index in [0.717, 1.165) is 25.7 Å². The molecule has 3 aliphatic rings. The highest BCUT2D eigenvalue weighted by Crippen LogP contribution is 2.47. The van der Waals surface area contributed by atoms with Crippen molar-refractivity contribution < 1.29 is 23.8 Å². The summed E-state index contributed by atoms with van der Waals surface area (Å²) in [6.07, 6.45) is 6.70. The molecule has 2 N–H and O–H groups in total. The molecule has 3 aliphatic carbocycles. The number of carbonyl (C=O) groups excluding carboxylic acids is 1. The molecule has 0 aromatic carbocycles. The number of aliphatic carboxylic acids is 1. The lowest BCUT2D eigenvalue weighted by Gasteiger charge is -2.47. The van der Waals surface area contributed by atoms with Crippen LogP contribution in [0.2, 0.25) is 5.15 Å². The monoisotopic (exact) mass is 598 g/mol. The normalized spacial score (nSPS) is 21.7. The lowest BCUT2D eigenvalue weighted by Crippen LogP contribution is -2.52. The van der Waals surface area contributed by atoms with E-state index >= 15 is 4.39 Å². The maximum absolute atomic E-state index is 16.2. The summed E-state index contributed by atoms with van der Waals surface area (Å²) in [5.41, 5.74) is 1.34. The second-order valence-electron chi connectivity index (χ2n) is 10.4. The molecule has 10 nitrogen and oxygen atoms in total. The van der Waals surface area contributed by atoms with E-state index in [2.05, 4.69) is 25.3 Å². The summed E-state index contributed by atoms with van der Waals surface area (Å²) in [6, 6.07) is 3.26. The Morgan fingerprint density at radius 2 is 2.00 bits per heavy atom. The van der Waals surface area contributed by atoms with Gasteiger partial charge < -0.3 is 19.7 Å². The van der Waals surface area contributed by atoms with Crippen molar-refractivity contribution in [2.75, 3.05) is 11.9 Å². The van der Waals surface area contributed by atoms with Gasteiger partial charge in [-0.3, -0.25) is 9.59 Å². The van der Waals surface area contributed by atoms with Crippen molar-refractivity contribution in [1.29, 1.82) is 0 Å². The van der Waals surface area contributed by atoms with Crippen LogP contribution in [0, 0.1) is 23.6 Å². The third-order valence-electron chi connectivity index (χ3n) is 8.03. The topological polar surface area (TPSA) is 132 Å². The number of aromatic nitrogens is 5. The van der Waals surface area contributed by atoms with Crippen molar-refractivity contribution >= 4 is 51.9 Å². The highest BCUT2D eigenvalue weighted by atomic mass is 35.5. The predicted molar refractivity (Wildman–Crippen MR) is 152 cm³/mol. The van der Waals surface area contributed by atoms with Crippen molar-refractivity contribution in [2.24, 2.45) is 17.8 Å². The summed E-state index contributed by atoms with van der Waals surface area (Å²) >= 11 is 7.53. The molecule has 0 unspecified atom stereocenters. The number of ether oxygens (including phenoxy) is 1. The van der Waals surface area contributed by atoms with Crippen LogP contribution in [0.3, 0.4) is 0 Å². The molecule has 2 bridgehead atoms. The Morgan fingerprint density at radius 1 is 1.22 bits per heavy atom. The molecule has 7 rings (SSSR count). The number of carboxylic acid groups (broad SMARTS) is 1. The van der Waals surface area contributed by atoms with Gasteiger partial charge in [-0.2, -0.15) is 0 Å². The average Bonchev–Trinajstić information content (AvgIpc) is 3.62. The molecule has 2 atom stereocenters. The zero-order chi connectivity index (χ0) is 28.7. The van der Waals surface area contributed by atoms with E-state index in [1.807, 2.05) is 11.4 Å². The quantitative estimate of drug-likeness (QED) is 0.234. The summed E-state index contributed by atoms with van der Waals surface area (Å²) in [5, 5.41) is 14.5. The number of hydrogen-bond donors (Lipinski definition) is 2. The fraction of sp³-hybridized carbons (Fsp3) is 0.429. The van der Waals surface area contributed by atoms with Crippen molar-refractivity contribution in [3.63, 3.8) is 0 Å². The van der Waals surface area contributed by atoms with E-state index in [9.17, 15) is 14.7 Å². The number of anilines is 1. The van der Waals surface area contributed by atoms with Gasteiger partial charge in [0, 0.05) is 18.8 Å². The van der Waals surface area contributed by atoms with Crippen LogP contribution >= 0.6 is 22.9 Å². The largest absolute Gasteiger partial charge is 0.481 e. The number of thiophene rings is 1. The van der Waals surface area contributed by atoms with Crippen LogP contribution in [0.25, 0.3) is 33.1 Å². The lowest BCUT2D eigenvalue weighted by molar-refractivity contribution is -0.154. The zero-order valence-electron chi connectivity index (χ0n) is 22.2. The smallest absolute Gasteiger partial charge is 0.311 e. The number of hydrogen-bond acceptors (Lipinski definition) is 9. The summed E-state index contributed by atoms with van der Waals surface area (Å²) in [5.74, 6) is -1.71. The first-order valence-electron chi connectivity index (χ1n) is 13.6. The average molecular weight is 599 g/mol. The second-order valence-corrected chi connectivity index (χ2v) is 11.7. The summed E-state index contributed by atoms with van der Waals surface area (Å²) in [4.78, 5) is 43.0. The van der Waals surface area contributed by atoms with Crippen LogP contribution in [0.5, 0.6) is 0 Å². The van der Waals surface area contributed by atoms with Crippen molar-refractivity contribution in [3.05, 3.63) is 40.9 Å². The minimum absolute atomic E-state index is 0.00771. The van der Waals surface area contributed by atoms with Gasteiger partial charge in [0.05, 0.1) is 35.6 Å². The molecule has 0 spiro atoms. The Balaban J connectivity index is 1.48. The fourth-order valence-corrected chi connectivity index (χ4v) is 7.05. The van der Waals surface area contributed by atoms with Crippen molar-refractivity contribution in [1.82, 2.24) is 24.5 Å². The van der Waals surface area contributed by atoms with Gasteiger partial charge >= 0.3 is 11.9 Å².